The normalized spacial score (nSPS) is 29.5. The van der Waals surface area contributed by atoms with Crippen LogP contribution >= 0.6 is 0 Å². The first-order valence-electron chi connectivity index (χ1n) is 11.0. The molecule has 3 fully saturated rings. The summed E-state index contributed by atoms with van der Waals surface area (Å²) in [6.45, 7) is 0.766. The number of fused-ring (bicyclic) bond motifs is 2. The maximum absolute atomic E-state index is 12.9. The van der Waals surface area contributed by atoms with E-state index < -0.39 is 6.09 Å². The summed E-state index contributed by atoms with van der Waals surface area (Å²) in [7, 11) is 7.27. The Bertz CT molecular complexity index is 807. The number of ether oxygens (including phenoxy) is 2. The van der Waals surface area contributed by atoms with Crippen molar-refractivity contribution in [2.75, 3.05) is 34.9 Å². The van der Waals surface area contributed by atoms with E-state index in [1.165, 1.54) is 30.6 Å². The molecule has 7 nitrogen and oxygen atoms in total. The van der Waals surface area contributed by atoms with E-state index in [1.54, 1.807) is 32.4 Å². The van der Waals surface area contributed by atoms with Gasteiger partial charge in [-0.1, -0.05) is 0 Å². The molecule has 0 N–H and O–H groups in total. The summed E-state index contributed by atoms with van der Waals surface area (Å²) in [6.07, 6.45) is 7.39. The van der Waals surface area contributed by atoms with Crippen LogP contribution in [-0.4, -0.2) is 61.4 Å². The van der Waals surface area contributed by atoms with Crippen molar-refractivity contribution >= 4 is 12.1 Å². The number of hydrogen-bond acceptors (Lipinski definition) is 5. The van der Waals surface area contributed by atoms with E-state index >= 15 is 0 Å². The number of rotatable bonds is 6. The smallest absolute Gasteiger partial charge is 0.414 e. The maximum Gasteiger partial charge on any atom is 0.414 e. The predicted octanol–water partition coefficient (Wildman–Crippen LogP) is 3.29. The Balaban J connectivity index is 1.35. The van der Waals surface area contributed by atoms with Gasteiger partial charge in [0.2, 0.25) is 6.73 Å². The van der Waals surface area contributed by atoms with Crippen LogP contribution in [0, 0.1) is 29.6 Å². The first kappa shape index (κ1) is 21.1. The third kappa shape index (κ3) is 4.46. The van der Waals surface area contributed by atoms with Crippen LogP contribution in [-0.2, 0) is 16.1 Å². The monoisotopic (exact) mass is 416 g/mol. The summed E-state index contributed by atoms with van der Waals surface area (Å²) < 4.78 is 11.7. The van der Waals surface area contributed by atoms with Crippen LogP contribution in [0.4, 0.5) is 4.79 Å². The minimum atomic E-state index is -0.442. The van der Waals surface area contributed by atoms with E-state index in [9.17, 15) is 9.59 Å². The first-order valence-corrected chi connectivity index (χ1v) is 11.0. The van der Waals surface area contributed by atoms with Gasteiger partial charge in [0.15, 0.2) is 5.75 Å². The minimum absolute atomic E-state index is 0.0301. The number of carbonyl (C=O) groups excluding carboxylic acids is 2. The number of quaternary nitrogens is 1. The van der Waals surface area contributed by atoms with Crippen molar-refractivity contribution in [3.05, 3.63) is 24.0 Å². The highest BCUT2D eigenvalue weighted by Gasteiger charge is 2.50. The lowest BCUT2D eigenvalue weighted by Gasteiger charge is -2.39. The van der Waals surface area contributed by atoms with Gasteiger partial charge < -0.3 is 14.4 Å². The average Bonchev–Trinajstić information content (AvgIpc) is 2.89. The zero-order chi connectivity index (χ0) is 21.5. The summed E-state index contributed by atoms with van der Waals surface area (Å²) >= 11 is 0. The van der Waals surface area contributed by atoms with Crippen LogP contribution in [0.5, 0.6) is 5.75 Å². The molecule has 3 aliphatic rings. The molecule has 164 valence electrons. The molecule has 0 saturated heterocycles. The molecule has 4 rings (SSSR count). The fourth-order valence-electron chi connectivity index (χ4n) is 5.77. The Kier molecular flexibility index (Phi) is 5.75. The summed E-state index contributed by atoms with van der Waals surface area (Å²) in [5.74, 6) is 3.43. The van der Waals surface area contributed by atoms with Gasteiger partial charge >= 0.3 is 12.1 Å². The van der Waals surface area contributed by atoms with Gasteiger partial charge in [-0.3, -0.25) is 14.3 Å². The second-order valence-corrected chi connectivity index (χ2v) is 10.3. The van der Waals surface area contributed by atoms with E-state index in [-0.39, 0.29) is 18.6 Å². The molecule has 0 aromatic carbocycles. The SMILES string of the molecule is CN(C)C(=O)Oc1cccnc1C[N+](C)(C)COC(=O)[C@@H]1C[C@H]2C[C@@H]3C[C@H]2C[C@H]1C3. The van der Waals surface area contributed by atoms with Crippen LogP contribution in [0.15, 0.2) is 18.3 Å². The molecule has 30 heavy (non-hydrogen) atoms. The van der Waals surface area contributed by atoms with Crippen molar-refractivity contribution in [3.63, 3.8) is 0 Å². The van der Waals surface area contributed by atoms with Crippen molar-refractivity contribution in [3.8, 4) is 5.75 Å². The molecule has 7 heteroatoms. The number of esters is 1. The van der Waals surface area contributed by atoms with Gasteiger partial charge in [-0.25, -0.2) is 4.79 Å². The average molecular weight is 417 g/mol. The van der Waals surface area contributed by atoms with Gasteiger partial charge in [0.05, 0.1) is 20.0 Å². The van der Waals surface area contributed by atoms with E-state index in [0.717, 1.165) is 24.2 Å². The number of aromatic nitrogens is 1. The largest absolute Gasteiger partial charge is 0.415 e. The molecule has 1 amide bonds. The van der Waals surface area contributed by atoms with E-state index in [1.807, 2.05) is 14.1 Å². The van der Waals surface area contributed by atoms with Crippen LogP contribution in [0.1, 0.15) is 37.8 Å². The highest BCUT2D eigenvalue weighted by molar-refractivity contribution is 5.73. The molecule has 1 heterocycles. The second-order valence-electron chi connectivity index (χ2n) is 10.3. The second kappa shape index (κ2) is 8.17. The molecule has 5 atom stereocenters. The molecule has 0 aliphatic heterocycles. The molecule has 1 aromatic rings. The zero-order valence-corrected chi connectivity index (χ0v) is 18.5. The van der Waals surface area contributed by atoms with Crippen molar-refractivity contribution in [1.82, 2.24) is 9.88 Å². The predicted molar refractivity (Wildman–Crippen MR) is 111 cm³/mol. The van der Waals surface area contributed by atoms with E-state index in [4.69, 9.17) is 9.47 Å². The van der Waals surface area contributed by atoms with Crippen molar-refractivity contribution in [1.29, 1.82) is 0 Å². The Hall–Kier alpha value is -2.15. The fourth-order valence-corrected chi connectivity index (χ4v) is 5.77. The van der Waals surface area contributed by atoms with Crippen LogP contribution in [0.2, 0.25) is 0 Å². The Labute approximate surface area is 178 Å². The lowest BCUT2D eigenvalue weighted by molar-refractivity contribution is -0.920. The van der Waals surface area contributed by atoms with Crippen LogP contribution in [0.3, 0.4) is 0 Å². The lowest BCUT2D eigenvalue weighted by atomic mass is 9.67. The highest BCUT2D eigenvalue weighted by atomic mass is 16.6. The maximum atomic E-state index is 12.9. The van der Waals surface area contributed by atoms with Crippen LogP contribution < -0.4 is 4.74 Å². The molecular weight excluding hydrogens is 382 g/mol. The van der Waals surface area contributed by atoms with Gasteiger partial charge in [-0.05, 0) is 67.9 Å². The topological polar surface area (TPSA) is 68.7 Å². The van der Waals surface area contributed by atoms with Crippen molar-refractivity contribution < 1.29 is 23.5 Å². The number of pyridine rings is 1. The lowest BCUT2D eigenvalue weighted by Crippen LogP contribution is -2.44. The van der Waals surface area contributed by atoms with E-state index in [2.05, 4.69) is 4.98 Å². The zero-order valence-electron chi connectivity index (χ0n) is 18.5. The molecule has 3 bridgehead atoms. The van der Waals surface area contributed by atoms with E-state index in [0.29, 0.717) is 28.4 Å². The fraction of sp³-hybridized carbons (Fsp3) is 0.696. The van der Waals surface area contributed by atoms with Gasteiger partial charge in [0.1, 0.15) is 12.2 Å². The van der Waals surface area contributed by atoms with Crippen molar-refractivity contribution in [2.24, 2.45) is 29.6 Å². The number of nitrogens with zero attached hydrogens (tertiary/aromatic N) is 3. The third-order valence-corrected chi connectivity index (χ3v) is 7.15. The summed E-state index contributed by atoms with van der Waals surface area (Å²) in [4.78, 5) is 30.6. The van der Waals surface area contributed by atoms with Gasteiger partial charge in [-0.15, -0.1) is 0 Å². The summed E-state index contributed by atoms with van der Waals surface area (Å²) in [6, 6.07) is 3.48. The third-order valence-electron chi connectivity index (χ3n) is 7.15. The summed E-state index contributed by atoms with van der Waals surface area (Å²) in [5, 5.41) is 0. The number of amides is 1. The molecule has 0 spiro atoms. The quantitative estimate of drug-likeness (QED) is 0.404. The molecule has 3 aliphatic carbocycles. The van der Waals surface area contributed by atoms with Gasteiger partial charge in [-0.2, -0.15) is 0 Å². The standard InChI is InChI=1S/C23H34N3O4/c1-25(2)23(28)30-21-6-5-7-24-20(21)13-26(3,4)14-29-22(27)19-12-17-9-15-8-16(17)11-18(19)10-15/h5-7,15-19H,8-14H2,1-4H3/q+1/t15-,16-,17+,18+,19+/m0/s1. The molecular formula is C23H34N3O4+. The molecule has 0 unspecified atom stereocenters. The Morgan fingerprint density at radius 1 is 1.10 bits per heavy atom. The first-order chi connectivity index (χ1) is 14.2. The molecule has 1 aromatic heterocycles. The Morgan fingerprint density at radius 3 is 2.53 bits per heavy atom. The number of carbonyl (C=O) groups is 2. The van der Waals surface area contributed by atoms with Crippen LogP contribution in [0.25, 0.3) is 0 Å². The highest BCUT2D eigenvalue weighted by Crippen LogP contribution is 2.57. The molecule has 3 saturated carbocycles. The minimum Gasteiger partial charge on any atom is -0.415 e. The Morgan fingerprint density at radius 2 is 1.80 bits per heavy atom. The number of hydrogen-bond donors (Lipinski definition) is 0. The summed E-state index contributed by atoms with van der Waals surface area (Å²) in [5.41, 5.74) is 0.669. The van der Waals surface area contributed by atoms with Gasteiger partial charge in [0.25, 0.3) is 0 Å². The van der Waals surface area contributed by atoms with Gasteiger partial charge in [0, 0.05) is 20.3 Å². The molecule has 0 radical (unpaired) electrons. The van der Waals surface area contributed by atoms with Crippen molar-refractivity contribution in [2.45, 2.75) is 38.6 Å².